The molecule has 2 heteroatoms. The first-order valence-electron chi connectivity index (χ1n) is 12.8. The monoisotopic (exact) mass is 393 g/mol. The molecule has 1 aliphatic rings. The summed E-state index contributed by atoms with van der Waals surface area (Å²) in [7, 11) is 0. The SMILES string of the molecule is CCCCCCCCCCCCCCCCC(CCCC)C1=NC(C)(C)CO1. The number of nitrogens with zero attached hydrogens (tertiary/aromatic N) is 1. The fourth-order valence-corrected chi connectivity index (χ4v) is 4.25. The Hall–Kier alpha value is -0.530. The molecule has 166 valence electrons. The first kappa shape index (κ1) is 25.5. The minimum atomic E-state index is -0.00466. The number of aliphatic imine (C=N–C) groups is 1. The van der Waals surface area contributed by atoms with Crippen LogP contribution >= 0.6 is 0 Å². The van der Waals surface area contributed by atoms with Gasteiger partial charge in [-0.3, -0.25) is 0 Å². The van der Waals surface area contributed by atoms with Crippen LogP contribution in [0.1, 0.15) is 143 Å². The summed E-state index contributed by atoms with van der Waals surface area (Å²) >= 11 is 0. The van der Waals surface area contributed by atoms with Crippen LogP contribution in [0.5, 0.6) is 0 Å². The number of rotatable bonds is 19. The Labute approximate surface area is 177 Å². The molecule has 1 atom stereocenters. The number of hydrogen-bond acceptors (Lipinski definition) is 2. The van der Waals surface area contributed by atoms with Gasteiger partial charge < -0.3 is 4.74 Å². The maximum absolute atomic E-state index is 5.95. The van der Waals surface area contributed by atoms with Crippen LogP contribution < -0.4 is 0 Å². The molecule has 0 bridgehead atoms. The minimum Gasteiger partial charge on any atom is -0.478 e. The highest BCUT2D eigenvalue weighted by Crippen LogP contribution is 2.27. The van der Waals surface area contributed by atoms with Crippen LogP contribution in [-0.2, 0) is 4.74 Å². The van der Waals surface area contributed by atoms with Gasteiger partial charge in [0.25, 0.3) is 0 Å². The van der Waals surface area contributed by atoms with Gasteiger partial charge in [-0.1, -0.05) is 117 Å². The average molecular weight is 394 g/mol. The van der Waals surface area contributed by atoms with E-state index in [1.165, 1.54) is 116 Å². The standard InChI is InChI=1S/C26H51NO/c1-5-7-9-10-11-12-13-14-15-16-17-18-19-20-22-24(21-8-6-2)25-27-26(3,4)23-28-25/h24H,5-23H2,1-4H3. The van der Waals surface area contributed by atoms with Gasteiger partial charge in [-0.15, -0.1) is 0 Å². The fourth-order valence-electron chi connectivity index (χ4n) is 4.25. The van der Waals surface area contributed by atoms with Gasteiger partial charge in [-0.2, -0.15) is 0 Å². The lowest BCUT2D eigenvalue weighted by molar-refractivity contribution is 0.260. The lowest BCUT2D eigenvalue weighted by Crippen LogP contribution is -2.17. The summed E-state index contributed by atoms with van der Waals surface area (Å²) in [5.41, 5.74) is -0.00466. The molecular formula is C26H51NO. The van der Waals surface area contributed by atoms with Crippen molar-refractivity contribution in [2.75, 3.05) is 6.61 Å². The van der Waals surface area contributed by atoms with Gasteiger partial charge in [0, 0.05) is 5.92 Å². The second-order valence-corrected chi connectivity index (χ2v) is 9.78. The van der Waals surface area contributed by atoms with Gasteiger partial charge in [0.05, 0.1) is 5.54 Å². The third kappa shape index (κ3) is 12.8. The third-order valence-corrected chi connectivity index (χ3v) is 6.15. The molecule has 0 aromatic heterocycles. The van der Waals surface area contributed by atoms with Gasteiger partial charge in [0.15, 0.2) is 5.90 Å². The molecule has 1 heterocycles. The maximum Gasteiger partial charge on any atom is 0.187 e. The van der Waals surface area contributed by atoms with Crippen LogP contribution in [0, 0.1) is 5.92 Å². The molecule has 1 rings (SSSR count). The van der Waals surface area contributed by atoms with Crippen LogP contribution in [0.25, 0.3) is 0 Å². The van der Waals surface area contributed by atoms with Gasteiger partial charge >= 0.3 is 0 Å². The van der Waals surface area contributed by atoms with E-state index in [4.69, 9.17) is 9.73 Å². The van der Waals surface area contributed by atoms with Gasteiger partial charge in [0.2, 0.25) is 0 Å². The van der Waals surface area contributed by atoms with E-state index in [1.54, 1.807) is 0 Å². The summed E-state index contributed by atoms with van der Waals surface area (Å²) in [6.07, 6.45) is 25.1. The maximum atomic E-state index is 5.95. The quantitative estimate of drug-likeness (QED) is 0.201. The highest BCUT2D eigenvalue weighted by molar-refractivity contribution is 5.80. The summed E-state index contributed by atoms with van der Waals surface area (Å²) in [6, 6.07) is 0. The van der Waals surface area contributed by atoms with E-state index in [0.29, 0.717) is 5.92 Å². The topological polar surface area (TPSA) is 21.6 Å². The molecule has 28 heavy (non-hydrogen) atoms. The predicted molar refractivity (Wildman–Crippen MR) is 125 cm³/mol. The number of ether oxygens (including phenoxy) is 1. The van der Waals surface area contributed by atoms with E-state index in [9.17, 15) is 0 Å². The molecule has 0 saturated carbocycles. The van der Waals surface area contributed by atoms with E-state index in [-0.39, 0.29) is 5.54 Å². The molecule has 1 unspecified atom stereocenters. The van der Waals surface area contributed by atoms with Crippen LogP contribution in [-0.4, -0.2) is 18.0 Å². The summed E-state index contributed by atoms with van der Waals surface area (Å²) in [4.78, 5) is 4.85. The van der Waals surface area contributed by atoms with Crippen LogP contribution in [0.4, 0.5) is 0 Å². The first-order valence-corrected chi connectivity index (χ1v) is 12.8. The largest absolute Gasteiger partial charge is 0.478 e. The first-order chi connectivity index (χ1) is 13.6. The predicted octanol–water partition coefficient (Wildman–Crippen LogP) is 8.87. The van der Waals surface area contributed by atoms with Crippen molar-refractivity contribution < 1.29 is 4.74 Å². The second-order valence-electron chi connectivity index (χ2n) is 9.78. The Morgan fingerprint density at radius 2 is 1.11 bits per heavy atom. The highest BCUT2D eigenvalue weighted by Gasteiger charge is 2.30. The molecule has 0 radical (unpaired) electrons. The number of unbranched alkanes of at least 4 members (excludes halogenated alkanes) is 14. The second kappa shape index (κ2) is 16.3. The zero-order valence-electron chi connectivity index (χ0n) is 19.9. The van der Waals surface area contributed by atoms with E-state index in [1.807, 2.05) is 0 Å². The van der Waals surface area contributed by atoms with Crippen molar-refractivity contribution in [2.45, 2.75) is 149 Å². The lowest BCUT2D eigenvalue weighted by atomic mass is 9.94. The third-order valence-electron chi connectivity index (χ3n) is 6.15. The molecule has 0 N–H and O–H groups in total. The number of hydrogen-bond donors (Lipinski definition) is 0. The fraction of sp³-hybridized carbons (Fsp3) is 0.962. The lowest BCUT2D eigenvalue weighted by Gasteiger charge is -2.16. The Morgan fingerprint density at radius 3 is 1.54 bits per heavy atom. The highest BCUT2D eigenvalue weighted by atomic mass is 16.5. The summed E-state index contributed by atoms with van der Waals surface area (Å²) in [6.45, 7) is 9.71. The smallest absolute Gasteiger partial charge is 0.187 e. The van der Waals surface area contributed by atoms with E-state index >= 15 is 0 Å². The minimum absolute atomic E-state index is 0.00466. The van der Waals surface area contributed by atoms with Gasteiger partial charge in [0.1, 0.15) is 6.61 Å². The zero-order valence-corrected chi connectivity index (χ0v) is 19.9. The van der Waals surface area contributed by atoms with Crippen LogP contribution in [0.15, 0.2) is 4.99 Å². The summed E-state index contributed by atoms with van der Waals surface area (Å²) in [5.74, 6) is 1.63. The Bertz CT molecular complexity index is 388. The molecule has 0 aromatic carbocycles. The van der Waals surface area contributed by atoms with Gasteiger partial charge in [-0.05, 0) is 26.7 Å². The molecule has 0 fully saturated rings. The Balaban J connectivity index is 1.98. The summed E-state index contributed by atoms with van der Waals surface area (Å²) in [5, 5.41) is 0. The van der Waals surface area contributed by atoms with Crippen molar-refractivity contribution in [3.05, 3.63) is 0 Å². The summed E-state index contributed by atoms with van der Waals surface area (Å²) < 4.78 is 5.95. The van der Waals surface area contributed by atoms with Gasteiger partial charge in [-0.25, -0.2) is 4.99 Å². The van der Waals surface area contributed by atoms with Crippen molar-refractivity contribution in [1.29, 1.82) is 0 Å². The molecule has 0 aliphatic carbocycles. The van der Waals surface area contributed by atoms with E-state index in [2.05, 4.69) is 27.7 Å². The van der Waals surface area contributed by atoms with Crippen molar-refractivity contribution in [1.82, 2.24) is 0 Å². The molecular weight excluding hydrogens is 342 g/mol. The van der Waals surface area contributed by atoms with E-state index in [0.717, 1.165) is 12.5 Å². The molecule has 1 aliphatic heterocycles. The molecule has 2 nitrogen and oxygen atoms in total. The normalized spacial score (nSPS) is 16.8. The van der Waals surface area contributed by atoms with Crippen LogP contribution in [0.3, 0.4) is 0 Å². The van der Waals surface area contributed by atoms with E-state index < -0.39 is 0 Å². The molecule has 0 spiro atoms. The average Bonchev–Trinajstić information content (AvgIpc) is 3.04. The van der Waals surface area contributed by atoms with Crippen molar-refractivity contribution in [3.63, 3.8) is 0 Å². The van der Waals surface area contributed by atoms with Crippen LogP contribution in [0.2, 0.25) is 0 Å². The van der Waals surface area contributed by atoms with Crippen molar-refractivity contribution >= 4 is 5.90 Å². The van der Waals surface area contributed by atoms with Crippen molar-refractivity contribution in [3.8, 4) is 0 Å². The molecule has 0 aromatic rings. The zero-order chi connectivity index (χ0) is 20.5. The molecule has 0 amide bonds. The Morgan fingerprint density at radius 1 is 0.679 bits per heavy atom. The molecule has 0 saturated heterocycles. The Kier molecular flexibility index (Phi) is 14.8. The van der Waals surface area contributed by atoms with Crippen molar-refractivity contribution in [2.24, 2.45) is 10.9 Å².